The molecule has 0 saturated heterocycles. The second-order valence-corrected chi connectivity index (χ2v) is 3.77. The molecule has 0 fully saturated rings. The van der Waals surface area contributed by atoms with E-state index in [2.05, 4.69) is 15.5 Å². The maximum Gasteiger partial charge on any atom is 0.276 e. The van der Waals surface area contributed by atoms with Crippen molar-refractivity contribution in [2.24, 2.45) is 5.73 Å². The van der Waals surface area contributed by atoms with Crippen LogP contribution in [0, 0.1) is 5.82 Å². The fourth-order valence-electron chi connectivity index (χ4n) is 1.47. The number of amides is 1. The van der Waals surface area contributed by atoms with Gasteiger partial charge in [-0.3, -0.25) is 9.59 Å². The molecule has 1 heterocycles. The largest absolute Gasteiger partial charge is 0.326 e. The first-order valence-electron chi connectivity index (χ1n) is 5.45. The highest BCUT2D eigenvalue weighted by atomic mass is 19.1. The van der Waals surface area contributed by atoms with Crippen molar-refractivity contribution < 1.29 is 9.18 Å². The van der Waals surface area contributed by atoms with Gasteiger partial charge in [0, 0.05) is 23.9 Å². The van der Waals surface area contributed by atoms with Gasteiger partial charge in [0.05, 0.1) is 0 Å². The second-order valence-electron chi connectivity index (χ2n) is 3.77. The number of carbonyl (C=O) groups excluding carboxylic acids is 1. The number of anilines is 1. The maximum atomic E-state index is 13.2. The summed E-state index contributed by atoms with van der Waals surface area (Å²) in [5, 5.41) is 8.27. The molecule has 1 aromatic carbocycles. The van der Waals surface area contributed by atoms with Gasteiger partial charge in [0.2, 0.25) is 0 Å². The van der Waals surface area contributed by atoms with Crippen molar-refractivity contribution in [1.29, 1.82) is 0 Å². The van der Waals surface area contributed by atoms with Gasteiger partial charge in [0.1, 0.15) is 11.5 Å². The first-order chi connectivity index (χ1) is 9.10. The average Bonchev–Trinajstić information content (AvgIpc) is 2.41. The highest BCUT2D eigenvalue weighted by Crippen LogP contribution is 2.14. The van der Waals surface area contributed by atoms with Crippen molar-refractivity contribution in [2.45, 2.75) is 6.54 Å². The smallest absolute Gasteiger partial charge is 0.276 e. The summed E-state index contributed by atoms with van der Waals surface area (Å²) in [5.74, 6) is -0.937. The average molecular weight is 262 g/mol. The highest BCUT2D eigenvalue weighted by Gasteiger charge is 2.09. The van der Waals surface area contributed by atoms with E-state index in [0.29, 0.717) is 11.3 Å². The molecule has 0 spiro atoms. The molecule has 0 atom stereocenters. The van der Waals surface area contributed by atoms with E-state index in [1.165, 1.54) is 30.3 Å². The third-order valence-corrected chi connectivity index (χ3v) is 2.44. The van der Waals surface area contributed by atoms with Crippen LogP contribution in [0.2, 0.25) is 0 Å². The number of rotatable bonds is 3. The van der Waals surface area contributed by atoms with Crippen LogP contribution in [-0.2, 0) is 6.54 Å². The Morgan fingerprint density at radius 1 is 1.37 bits per heavy atom. The maximum absolute atomic E-state index is 13.2. The van der Waals surface area contributed by atoms with Crippen molar-refractivity contribution in [3.05, 3.63) is 57.8 Å². The van der Waals surface area contributed by atoms with Crippen LogP contribution in [0.5, 0.6) is 0 Å². The van der Waals surface area contributed by atoms with Crippen molar-refractivity contribution in [2.75, 3.05) is 5.32 Å². The Hall–Kier alpha value is -2.54. The molecule has 0 aliphatic rings. The Labute approximate surface area is 107 Å². The molecule has 0 radical (unpaired) electrons. The van der Waals surface area contributed by atoms with Crippen LogP contribution < -0.4 is 16.6 Å². The molecule has 98 valence electrons. The van der Waals surface area contributed by atoms with E-state index < -0.39 is 17.3 Å². The molecule has 0 unspecified atom stereocenters. The summed E-state index contributed by atoms with van der Waals surface area (Å²) in [7, 11) is 0. The molecule has 2 rings (SSSR count). The predicted octanol–water partition coefficient (Wildman–Crippen LogP) is 0.620. The van der Waals surface area contributed by atoms with E-state index in [9.17, 15) is 14.0 Å². The van der Waals surface area contributed by atoms with Gasteiger partial charge in [0.25, 0.3) is 11.5 Å². The summed E-state index contributed by atoms with van der Waals surface area (Å²) in [6, 6.07) is 6.56. The minimum atomic E-state index is -0.508. The number of halogens is 1. The van der Waals surface area contributed by atoms with E-state index in [4.69, 9.17) is 5.73 Å². The molecule has 4 N–H and O–H groups in total. The minimum Gasteiger partial charge on any atom is -0.326 e. The van der Waals surface area contributed by atoms with Gasteiger partial charge in [0.15, 0.2) is 0 Å². The number of aromatic nitrogens is 2. The van der Waals surface area contributed by atoms with Crippen LogP contribution in [-0.4, -0.2) is 16.1 Å². The van der Waals surface area contributed by atoms with Gasteiger partial charge >= 0.3 is 0 Å². The van der Waals surface area contributed by atoms with Gasteiger partial charge in [-0.25, -0.2) is 9.49 Å². The van der Waals surface area contributed by atoms with Crippen molar-refractivity contribution in [3.63, 3.8) is 0 Å². The summed E-state index contributed by atoms with van der Waals surface area (Å²) in [5.41, 5.74) is 5.73. The Kier molecular flexibility index (Phi) is 3.67. The van der Waals surface area contributed by atoms with Crippen molar-refractivity contribution in [1.82, 2.24) is 10.2 Å². The first kappa shape index (κ1) is 12.9. The third-order valence-electron chi connectivity index (χ3n) is 2.44. The number of nitrogens with one attached hydrogen (secondary N) is 2. The zero-order chi connectivity index (χ0) is 13.8. The van der Waals surface area contributed by atoms with Crippen LogP contribution in [0.25, 0.3) is 0 Å². The topological polar surface area (TPSA) is 101 Å². The van der Waals surface area contributed by atoms with Crippen LogP contribution >= 0.6 is 0 Å². The van der Waals surface area contributed by atoms with E-state index in [1.807, 2.05) is 0 Å². The Morgan fingerprint density at radius 3 is 2.79 bits per heavy atom. The number of aromatic amines is 1. The number of nitrogens with zero attached hydrogens (tertiary/aromatic N) is 1. The van der Waals surface area contributed by atoms with Crippen molar-refractivity contribution in [3.8, 4) is 0 Å². The van der Waals surface area contributed by atoms with Crippen LogP contribution in [0.15, 0.2) is 35.1 Å². The van der Waals surface area contributed by atoms with E-state index in [1.54, 1.807) is 0 Å². The molecule has 6 nitrogen and oxygen atoms in total. The Bertz CT molecular complexity index is 649. The lowest BCUT2D eigenvalue weighted by Crippen LogP contribution is -2.17. The minimum absolute atomic E-state index is 0.0342. The normalized spacial score (nSPS) is 10.2. The fraction of sp³-hybridized carbons (Fsp3) is 0.0833. The number of carbonyl (C=O) groups is 1. The second kappa shape index (κ2) is 5.40. The molecule has 0 aliphatic heterocycles. The lowest BCUT2D eigenvalue weighted by atomic mass is 10.2. The van der Waals surface area contributed by atoms with Crippen LogP contribution in [0.1, 0.15) is 16.1 Å². The summed E-state index contributed by atoms with van der Waals surface area (Å²) < 4.78 is 13.2. The van der Waals surface area contributed by atoms with E-state index >= 15 is 0 Å². The number of hydrogen-bond acceptors (Lipinski definition) is 4. The Morgan fingerprint density at radius 2 is 2.16 bits per heavy atom. The molecule has 1 aromatic heterocycles. The molecular formula is C12H11FN4O2. The van der Waals surface area contributed by atoms with Gasteiger partial charge in [-0.2, -0.15) is 5.10 Å². The molecule has 0 bridgehead atoms. The quantitative estimate of drug-likeness (QED) is 0.754. The van der Waals surface area contributed by atoms with Crippen LogP contribution in [0.4, 0.5) is 10.1 Å². The zero-order valence-electron chi connectivity index (χ0n) is 9.81. The monoisotopic (exact) mass is 262 g/mol. The van der Waals surface area contributed by atoms with Crippen molar-refractivity contribution >= 4 is 11.6 Å². The highest BCUT2D eigenvalue weighted by molar-refractivity contribution is 6.02. The first-order valence-corrected chi connectivity index (χ1v) is 5.45. The summed E-state index contributed by atoms with van der Waals surface area (Å²) >= 11 is 0. The molecule has 2 aromatic rings. The number of H-pyrrole nitrogens is 1. The Balaban J connectivity index is 2.19. The van der Waals surface area contributed by atoms with E-state index in [-0.39, 0.29) is 12.2 Å². The van der Waals surface area contributed by atoms with Gasteiger partial charge in [-0.15, -0.1) is 0 Å². The lowest BCUT2D eigenvalue weighted by Gasteiger charge is -2.06. The van der Waals surface area contributed by atoms with Gasteiger partial charge < -0.3 is 11.1 Å². The molecule has 0 aliphatic carbocycles. The van der Waals surface area contributed by atoms with E-state index in [0.717, 1.165) is 0 Å². The van der Waals surface area contributed by atoms with Crippen LogP contribution in [0.3, 0.4) is 0 Å². The standard InChI is InChI=1S/C12H11FN4O2/c13-9-2-1-8(5-7(9)6-14)15-12(19)10-3-4-11(18)17-16-10/h1-5H,6,14H2,(H,15,19)(H,17,18). The number of benzene rings is 1. The molecule has 1 amide bonds. The predicted molar refractivity (Wildman–Crippen MR) is 67.1 cm³/mol. The third kappa shape index (κ3) is 3.02. The molecule has 19 heavy (non-hydrogen) atoms. The van der Waals surface area contributed by atoms with Gasteiger partial charge in [-0.1, -0.05) is 0 Å². The fourth-order valence-corrected chi connectivity index (χ4v) is 1.47. The summed E-state index contributed by atoms with van der Waals surface area (Å²) in [4.78, 5) is 22.6. The number of nitrogens with two attached hydrogens (primary N) is 1. The van der Waals surface area contributed by atoms with Gasteiger partial charge in [-0.05, 0) is 24.3 Å². The molecule has 7 heteroatoms. The zero-order valence-corrected chi connectivity index (χ0v) is 9.81. The number of hydrogen-bond donors (Lipinski definition) is 3. The summed E-state index contributed by atoms with van der Waals surface area (Å²) in [6.07, 6.45) is 0. The molecular weight excluding hydrogens is 251 g/mol. The molecule has 0 saturated carbocycles. The summed E-state index contributed by atoms with van der Waals surface area (Å²) in [6.45, 7) is 0.0342. The lowest BCUT2D eigenvalue weighted by molar-refractivity contribution is 0.102. The SMILES string of the molecule is NCc1cc(NC(=O)c2ccc(=O)[nH]n2)ccc1F.